The van der Waals surface area contributed by atoms with Gasteiger partial charge in [0, 0.05) is 17.0 Å². The van der Waals surface area contributed by atoms with Gasteiger partial charge in [-0.1, -0.05) is 23.7 Å². The number of anilines is 1. The van der Waals surface area contributed by atoms with Crippen LogP contribution in [0.4, 0.5) is 5.69 Å². The first-order valence-electron chi connectivity index (χ1n) is 7.56. The lowest BCUT2D eigenvalue weighted by Gasteiger charge is -2.18. The van der Waals surface area contributed by atoms with Crippen molar-refractivity contribution in [2.75, 3.05) is 11.9 Å². The van der Waals surface area contributed by atoms with Crippen molar-refractivity contribution in [3.63, 3.8) is 0 Å². The summed E-state index contributed by atoms with van der Waals surface area (Å²) >= 11 is 5.85. The van der Waals surface area contributed by atoms with E-state index in [1.165, 1.54) is 18.2 Å². The standard InChI is InChI=1S/C18H18ClNO4/c1-18(2)9-11-4-3-5-15(17(11)24-18)23-10-16(22)20-13-8-12(19)6-7-14(13)21/h3-8,21H,9-10H2,1-2H3,(H,20,22). The van der Waals surface area contributed by atoms with Crippen molar-refractivity contribution < 1.29 is 19.4 Å². The molecular weight excluding hydrogens is 330 g/mol. The zero-order valence-electron chi connectivity index (χ0n) is 13.4. The lowest BCUT2D eigenvalue weighted by atomic mass is 10.0. The summed E-state index contributed by atoms with van der Waals surface area (Å²) in [5.41, 5.74) is 1.02. The first kappa shape index (κ1) is 16.5. The summed E-state index contributed by atoms with van der Waals surface area (Å²) in [6, 6.07) is 10.1. The number of aromatic hydroxyl groups is 1. The maximum atomic E-state index is 12.0. The van der Waals surface area contributed by atoms with Gasteiger partial charge < -0.3 is 19.9 Å². The Hall–Kier alpha value is -2.40. The number of carbonyl (C=O) groups is 1. The SMILES string of the molecule is CC1(C)Cc2cccc(OCC(=O)Nc3cc(Cl)ccc3O)c2O1. The van der Waals surface area contributed by atoms with Crippen molar-refractivity contribution in [2.45, 2.75) is 25.9 Å². The Morgan fingerprint density at radius 2 is 2.17 bits per heavy atom. The van der Waals surface area contributed by atoms with E-state index in [1.807, 2.05) is 26.0 Å². The number of nitrogens with one attached hydrogen (secondary N) is 1. The predicted molar refractivity (Wildman–Crippen MR) is 92.1 cm³/mol. The summed E-state index contributed by atoms with van der Waals surface area (Å²) in [4.78, 5) is 12.0. The number of halogens is 1. The van der Waals surface area contributed by atoms with Gasteiger partial charge in [0.2, 0.25) is 0 Å². The number of ether oxygens (including phenoxy) is 2. The molecule has 1 aliphatic rings. The minimum Gasteiger partial charge on any atom is -0.506 e. The van der Waals surface area contributed by atoms with Gasteiger partial charge in [-0.15, -0.1) is 0 Å². The molecule has 2 aromatic carbocycles. The predicted octanol–water partition coefficient (Wildman–Crippen LogP) is 3.78. The molecule has 0 aromatic heterocycles. The summed E-state index contributed by atoms with van der Waals surface area (Å²) in [5, 5.41) is 12.7. The average molecular weight is 348 g/mol. The van der Waals surface area contributed by atoms with E-state index in [4.69, 9.17) is 21.1 Å². The molecule has 1 heterocycles. The Morgan fingerprint density at radius 3 is 2.96 bits per heavy atom. The first-order chi connectivity index (χ1) is 11.3. The number of phenolic OH excluding ortho intramolecular Hbond substituents is 1. The van der Waals surface area contributed by atoms with Gasteiger partial charge in [0.05, 0.1) is 5.69 Å². The third kappa shape index (κ3) is 3.57. The van der Waals surface area contributed by atoms with Crippen molar-refractivity contribution in [1.82, 2.24) is 0 Å². The van der Waals surface area contributed by atoms with Crippen LogP contribution < -0.4 is 14.8 Å². The number of hydrogen-bond donors (Lipinski definition) is 2. The number of phenols is 1. The molecular formula is C18H18ClNO4. The van der Waals surface area contributed by atoms with Crippen molar-refractivity contribution in [2.24, 2.45) is 0 Å². The lowest BCUT2D eigenvalue weighted by molar-refractivity contribution is -0.118. The van der Waals surface area contributed by atoms with Gasteiger partial charge in [0.1, 0.15) is 11.4 Å². The molecule has 6 heteroatoms. The maximum Gasteiger partial charge on any atom is 0.262 e. The molecule has 2 aromatic rings. The largest absolute Gasteiger partial charge is 0.506 e. The fourth-order valence-electron chi connectivity index (χ4n) is 2.64. The van der Waals surface area contributed by atoms with Crippen molar-refractivity contribution >= 4 is 23.2 Å². The fourth-order valence-corrected chi connectivity index (χ4v) is 2.81. The van der Waals surface area contributed by atoms with Gasteiger partial charge in [-0.25, -0.2) is 0 Å². The van der Waals surface area contributed by atoms with E-state index < -0.39 is 5.91 Å². The van der Waals surface area contributed by atoms with Crippen molar-refractivity contribution in [3.8, 4) is 17.2 Å². The zero-order chi connectivity index (χ0) is 17.3. The third-order valence-electron chi connectivity index (χ3n) is 3.65. The van der Waals surface area contributed by atoms with Crippen LogP contribution in [0.3, 0.4) is 0 Å². The third-order valence-corrected chi connectivity index (χ3v) is 3.88. The molecule has 126 valence electrons. The Bertz CT molecular complexity index is 789. The molecule has 0 saturated heterocycles. The van der Waals surface area contributed by atoms with Crippen LogP contribution in [0.1, 0.15) is 19.4 Å². The number of fused-ring (bicyclic) bond motifs is 1. The summed E-state index contributed by atoms with van der Waals surface area (Å²) in [6.45, 7) is 3.81. The van der Waals surface area contributed by atoms with E-state index in [2.05, 4.69) is 5.32 Å². The fraction of sp³-hybridized carbons (Fsp3) is 0.278. The maximum absolute atomic E-state index is 12.0. The van der Waals surface area contributed by atoms with E-state index in [1.54, 1.807) is 6.07 Å². The van der Waals surface area contributed by atoms with Crippen LogP contribution in [-0.4, -0.2) is 23.2 Å². The van der Waals surface area contributed by atoms with Gasteiger partial charge in [-0.05, 0) is 38.1 Å². The molecule has 0 bridgehead atoms. The van der Waals surface area contributed by atoms with Crippen molar-refractivity contribution in [1.29, 1.82) is 0 Å². The van der Waals surface area contributed by atoms with Gasteiger partial charge in [0.15, 0.2) is 18.1 Å². The molecule has 0 atom stereocenters. The van der Waals surface area contributed by atoms with Gasteiger partial charge in [-0.3, -0.25) is 4.79 Å². The monoisotopic (exact) mass is 347 g/mol. The second-order valence-corrected chi connectivity index (χ2v) is 6.72. The minimum atomic E-state index is -0.401. The number of hydrogen-bond acceptors (Lipinski definition) is 4. The summed E-state index contributed by atoms with van der Waals surface area (Å²) in [5.74, 6) is 0.755. The lowest BCUT2D eigenvalue weighted by Crippen LogP contribution is -2.25. The number of para-hydroxylation sites is 1. The normalized spacial score (nSPS) is 14.6. The van der Waals surface area contributed by atoms with E-state index in [0.29, 0.717) is 16.5 Å². The molecule has 0 fully saturated rings. The average Bonchev–Trinajstić information content (AvgIpc) is 2.83. The minimum absolute atomic E-state index is 0.0570. The second kappa shape index (κ2) is 6.24. The molecule has 0 unspecified atom stereocenters. The highest BCUT2D eigenvalue weighted by molar-refractivity contribution is 6.31. The van der Waals surface area contributed by atoms with Crippen LogP contribution in [0, 0.1) is 0 Å². The number of rotatable bonds is 4. The highest BCUT2D eigenvalue weighted by Crippen LogP contribution is 2.41. The first-order valence-corrected chi connectivity index (χ1v) is 7.94. The highest BCUT2D eigenvalue weighted by Gasteiger charge is 2.32. The van der Waals surface area contributed by atoms with E-state index in [-0.39, 0.29) is 23.6 Å². The molecule has 3 rings (SSSR count). The number of carbonyl (C=O) groups excluding carboxylic acids is 1. The van der Waals surface area contributed by atoms with Crippen LogP contribution in [-0.2, 0) is 11.2 Å². The van der Waals surface area contributed by atoms with Gasteiger partial charge >= 0.3 is 0 Å². The molecule has 0 saturated carbocycles. The van der Waals surface area contributed by atoms with Crippen LogP contribution >= 0.6 is 11.6 Å². The molecule has 1 amide bonds. The second-order valence-electron chi connectivity index (χ2n) is 6.28. The highest BCUT2D eigenvalue weighted by atomic mass is 35.5. The summed E-state index contributed by atoms with van der Waals surface area (Å²) in [6.07, 6.45) is 0.794. The topological polar surface area (TPSA) is 67.8 Å². The zero-order valence-corrected chi connectivity index (χ0v) is 14.2. The Kier molecular flexibility index (Phi) is 4.28. The molecule has 0 radical (unpaired) electrons. The Labute approximate surface area is 145 Å². The Morgan fingerprint density at radius 1 is 1.38 bits per heavy atom. The molecule has 1 aliphatic heterocycles. The number of benzene rings is 2. The van der Waals surface area contributed by atoms with Crippen LogP contribution in [0.2, 0.25) is 5.02 Å². The molecule has 0 spiro atoms. The number of amides is 1. The van der Waals surface area contributed by atoms with Crippen LogP contribution in [0.5, 0.6) is 17.2 Å². The summed E-state index contributed by atoms with van der Waals surface area (Å²) < 4.78 is 11.5. The van der Waals surface area contributed by atoms with E-state index in [9.17, 15) is 9.90 Å². The Balaban J connectivity index is 1.66. The summed E-state index contributed by atoms with van der Waals surface area (Å²) in [7, 11) is 0. The molecule has 2 N–H and O–H groups in total. The molecule has 24 heavy (non-hydrogen) atoms. The molecule has 0 aliphatic carbocycles. The van der Waals surface area contributed by atoms with Gasteiger partial charge in [0.25, 0.3) is 5.91 Å². The van der Waals surface area contributed by atoms with E-state index >= 15 is 0 Å². The smallest absolute Gasteiger partial charge is 0.262 e. The van der Waals surface area contributed by atoms with Crippen molar-refractivity contribution in [3.05, 3.63) is 47.0 Å². The van der Waals surface area contributed by atoms with Crippen LogP contribution in [0.25, 0.3) is 0 Å². The van der Waals surface area contributed by atoms with Crippen LogP contribution in [0.15, 0.2) is 36.4 Å². The molecule has 5 nitrogen and oxygen atoms in total. The quantitative estimate of drug-likeness (QED) is 0.826. The van der Waals surface area contributed by atoms with E-state index in [0.717, 1.165) is 12.0 Å². The van der Waals surface area contributed by atoms with Gasteiger partial charge in [-0.2, -0.15) is 0 Å².